The Balaban J connectivity index is 2.68. The molecule has 0 aliphatic carbocycles. The molecule has 0 unspecified atom stereocenters. The van der Waals surface area contributed by atoms with Crippen LogP contribution in [0.25, 0.3) is 0 Å². The molecule has 0 aliphatic heterocycles. The van der Waals surface area contributed by atoms with Gasteiger partial charge in [0.15, 0.2) is 5.60 Å². The van der Waals surface area contributed by atoms with Crippen molar-refractivity contribution < 1.29 is 14.3 Å². The molecule has 0 fully saturated rings. The number of para-hydroxylation sites is 1. The van der Waals surface area contributed by atoms with Crippen molar-refractivity contribution in [2.24, 2.45) is 0 Å². The summed E-state index contributed by atoms with van der Waals surface area (Å²) >= 11 is 0. The van der Waals surface area contributed by atoms with Gasteiger partial charge in [-0.1, -0.05) is 18.2 Å². The number of carbonyl (C=O) groups is 2. The first-order valence-electron chi connectivity index (χ1n) is 4.98. The number of hydrogen-bond acceptors (Lipinski definition) is 3. The number of carbonyl (C=O) groups excluding carboxylic acids is 2. The summed E-state index contributed by atoms with van der Waals surface area (Å²) in [4.78, 5) is 22.6. The molecule has 4 nitrogen and oxygen atoms in total. The molecule has 0 aliphatic rings. The second-order valence-electron chi connectivity index (χ2n) is 3.92. The Morgan fingerprint density at radius 2 is 1.75 bits per heavy atom. The summed E-state index contributed by atoms with van der Waals surface area (Å²) in [7, 11) is 0. The van der Waals surface area contributed by atoms with Crippen LogP contribution in [0.4, 0.5) is 5.69 Å². The van der Waals surface area contributed by atoms with Crippen LogP contribution in [0.5, 0.6) is 0 Å². The van der Waals surface area contributed by atoms with Crippen molar-refractivity contribution in [1.82, 2.24) is 0 Å². The molecule has 86 valence electrons. The number of benzene rings is 1. The van der Waals surface area contributed by atoms with Crippen molar-refractivity contribution in [3.05, 3.63) is 30.3 Å². The van der Waals surface area contributed by atoms with E-state index in [1.165, 1.54) is 6.92 Å². The third kappa shape index (κ3) is 3.38. The summed E-state index contributed by atoms with van der Waals surface area (Å²) in [5.41, 5.74) is -0.491. The van der Waals surface area contributed by atoms with Crippen LogP contribution in [-0.4, -0.2) is 17.5 Å². The van der Waals surface area contributed by atoms with E-state index in [0.717, 1.165) is 0 Å². The third-order valence-corrected chi connectivity index (χ3v) is 1.98. The van der Waals surface area contributed by atoms with Crippen molar-refractivity contribution >= 4 is 17.6 Å². The van der Waals surface area contributed by atoms with Crippen LogP contribution in [0.3, 0.4) is 0 Å². The topological polar surface area (TPSA) is 55.4 Å². The largest absolute Gasteiger partial charge is 0.450 e. The molecule has 0 spiro atoms. The van der Waals surface area contributed by atoms with Gasteiger partial charge in [0.05, 0.1) is 0 Å². The molecule has 4 heteroatoms. The maximum Gasteiger partial charge on any atom is 0.303 e. The normalized spacial score (nSPS) is 10.7. The van der Waals surface area contributed by atoms with Gasteiger partial charge in [0.1, 0.15) is 0 Å². The molecule has 0 aromatic heterocycles. The van der Waals surface area contributed by atoms with E-state index in [1.807, 2.05) is 18.2 Å². The molecule has 0 bridgehead atoms. The molecule has 0 radical (unpaired) electrons. The summed E-state index contributed by atoms with van der Waals surface area (Å²) in [6.45, 7) is 4.37. The third-order valence-electron chi connectivity index (χ3n) is 1.98. The fourth-order valence-electron chi connectivity index (χ4n) is 1.21. The highest BCUT2D eigenvalue weighted by atomic mass is 16.6. The molecule has 16 heavy (non-hydrogen) atoms. The molecule has 1 aromatic carbocycles. The Morgan fingerprint density at radius 3 is 2.25 bits per heavy atom. The number of hydrogen-bond donors (Lipinski definition) is 1. The lowest BCUT2D eigenvalue weighted by molar-refractivity contribution is -0.160. The zero-order valence-corrected chi connectivity index (χ0v) is 9.61. The molecule has 1 aromatic rings. The van der Waals surface area contributed by atoms with E-state index < -0.39 is 11.6 Å². The summed E-state index contributed by atoms with van der Waals surface area (Å²) in [6.07, 6.45) is 0. The van der Waals surface area contributed by atoms with Gasteiger partial charge in [0, 0.05) is 12.6 Å². The Morgan fingerprint density at radius 1 is 1.19 bits per heavy atom. The minimum absolute atomic E-state index is 0.353. The number of amides is 1. The van der Waals surface area contributed by atoms with Crippen LogP contribution >= 0.6 is 0 Å². The highest BCUT2D eigenvalue weighted by Gasteiger charge is 2.30. The quantitative estimate of drug-likeness (QED) is 0.794. The van der Waals surface area contributed by atoms with E-state index in [-0.39, 0.29) is 5.91 Å². The van der Waals surface area contributed by atoms with Crippen molar-refractivity contribution in [2.45, 2.75) is 26.4 Å². The average Bonchev–Trinajstić information content (AvgIpc) is 2.17. The van der Waals surface area contributed by atoms with E-state index in [4.69, 9.17) is 4.74 Å². The van der Waals surface area contributed by atoms with Crippen LogP contribution in [0.1, 0.15) is 20.8 Å². The molecule has 1 N–H and O–H groups in total. The summed E-state index contributed by atoms with van der Waals surface area (Å²) in [5, 5.41) is 2.67. The van der Waals surface area contributed by atoms with E-state index in [1.54, 1.807) is 26.0 Å². The molecular weight excluding hydrogens is 206 g/mol. The van der Waals surface area contributed by atoms with Crippen LogP contribution in [0.15, 0.2) is 30.3 Å². The lowest BCUT2D eigenvalue weighted by Gasteiger charge is -2.23. The number of esters is 1. The van der Waals surface area contributed by atoms with Crippen molar-refractivity contribution in [2.75, 3.05) is 5.32 Å². The molecular formula is C12H15NO3. The van der Waals surface area contributed by atoms with E-state index in [2.05, 4.69) is 5.32 Å². The van der Waals surface area contributed by atoms with Gasteiger partial charge in [-0.2, -0.15) is 0 Å². The van der Waals surface area contributed by atoms with Crippen LogP contribution < -0.4 is 5.32 Å². The average molecular weight is 221 g/mol. The minimum Gasteiger partial charge on any atom is -0.450 e. The van der Waals surface area contributed by atoms with Gasteiger partial charge < -0.3 is 10.1 Å². The maximum absolute atomic E-state index is 11.8. The van der Waals surface area contributed by atoms with E-state index >= 15 is 0 Å². The Bertz CT molecular complexity index is 385. The molecule has 0 saturated heterocycles. The minimum atomic E-state index is -1.17. The summed E-state index contributed by atoms with van der Waals surface area (Å²) in [6, 6.07) is 9.01. The van der Waals surface area contributed by atoms with Crippen molar-refractivity contribution in [1.29, 1.82) is 0 Å². The lowest BCUT2D eigenvalue weighted by atomic mass is 10.1. The molecule has 1 amide bonds. The predicted octanol–water partition coefficient (Wildman–Crippen LogP) is 1.97. The number of rotatable bonds is 3. The molecule has 1 rings (SSSR count). The summed E-state index contributed by atoms with van der Waals surface area (Å²) in [5.74, 6) is -0.831. The van der Waals surface area contributed by atoms with Gasteiger partial charge in [-0.25, -0.2) is 0 Å². The second kappa shape index (κ2) is 4.79. The van der Waals surface area contributed by atoms with Crippen LogP contribution in [-0.2, 0) is 14.3 Å². The van der Waals surface area contributed by atoms with Crippen LogP contribution in [0.2, 0.25) is 0 Å². The predicted molar refractivity (Wildman–Crippen MR) is 60.9 cm³/mol. The maximum atomic E-state index is 11.8. The molecule has 0 heterocycles. The first kappa shape index (κ1) is 12.2. The Kier molecular flexibility index (Phi) is 3.66. The second-order valence-corrected chi connectivity index (χ2v) is 3.92. The standard InChI is InChI=1S/C12H15NO3/c1-9(14)16-12(2,3)11(15)13-10-7-5-4-6-8-10/h4-8H,1-3H3,(H,13,15). The van der Waals surface area contributed by atoms with Crippen molar-refractivity contribution in [3.8, 4) is 0 Å². The first-order valence-corrected chi connectivity index (χ1v) is 4.98. The number of anilines is 1. The van der Waals surface area contributed by atoms with Crippen molar-refractivity contribution in [3.63, 3.8) is 0 Å². The zero-order valence-electron chi connectivity index (χ0n) is 9.61. The highest BCUT2D eigenvalue weighted by molar-refractivity contribution is 5.97. The fraction of sp³-hybridized carbons (Fsp3) is 0.333. The van der Waals surface area contributed by atoms with Gasteiger partial charge in [-0.05, 0) is 26.0 Å². The lowest BCUT2D eigenvalue weighted by Crippen LogP contribution is -2.41. The van der Waals surface area contributed by atoms with E-state index in [0.29, 0.717) is 5.69 Å². The summed E-state index contributed by atoms with van der Waals surface area (Å²) < 4.78 is 4.92. The first-order chi connectivity index (χ1) is 7.42. The molecule has 0 saturated carbocycles. The smallest absolute Gasteiger partial charge is 0.303 e. The van der Waals surface area contributed by atoms with Gasteiger partial charge >= 0.3 is 5.97 Å². The van der Waals surface area contributed by atoms with E-state index in [9.17, 15) is 9.59 Å². The monoisotopic (exact) mass is 221 g/mol. The van der Waals surface area contributed by atoms with Gasteiger partial charge in [0.25, 0.3) is 5.91 Å². The number of nitrogens with one attached hydrogen (secondary N) is 1. The number of ether oxygens (including phenoxy) is 1. The Hall–Kier alpha value is -1.84. The van der Waals surface area contributed by atoms with Gasteiger partial charge in [-0.3, -0.25) is 9.59 Å². The fourth-order valence-corrected chi connectivity index (χ4v) is 1.21. The zero-order chi connectivity index (χ0) is 12.2. The van der Waals surface area contributed by atoms with Gasteiger partial charge in [0.2, 0.25) is 0 Å². The van der Waals surface area contributed by atoms with Crippen LogP contribution in [0, 0.1) is 0 Å². The SMILES string of the molecule is CC(=O)OC(C)(C)C(=O)Nc1ccccc1. The highest BCUT2D eigenvalue weighted by Crippen LogP contribution is 2.14. The Labute approximate surface area is 94.6 Å². The van der Waals surface area contributed by atoms with Gasteiger partial charge in [-0.15, -0.1) is 0 Å². The molecule has 0 atom stereocenters.